The van der Waals surface area contributed by atoms with Crippen LogP contribution in [-0.2, 0) is 16.0 Å². The molecule has 5 heteroatoms. The molecule has 78 valence electrons. The lowest BCUT2D eigenvalue weighted by atomic mass is 10.1. The van der Waals surface area contributed by atoms with Gasteiger partial charge in [0.2, 0.25) is 0 Å². The van der Waals surface area contributed by atoms with Crippen LogP contribution in [0, 0.1) is 3.90 Å². The second kappa shape index (κ2) is 4.18. The molecule has 0 amide bonds. The van der Waals surface area contributed by atoms with Gasteiger partial charge in [0.25, 0.3) is 3.90 Å². The summed E-state index contributed by atoms with van der Waals surface area (Å²) in [6.07, 6.45) is 0.260. The molecule has 1 heterocycles. The lowest BCUT2D eigenvalue weighted by Gasteiger charge is -1.98. The standard InChI is InChI=1S/C10H8INO3/c1-14-9(13)5-6-2-3-8-7(4-6)12-10(11)15-8/h2-4H,5H2,1H3. The van der Waals surface area contributed by atoms with Crippen LogP contribution in [0.3, 0.4) is 0 Å². The quantitative estimate of drug-likeness (QED) is 0.629. The van der Waals surface area contributed by atoms with Crippen molar-refractivity contribution in [3.63, 3.8) is 0 Å². The molecule has 0 atom stereocenters. The Kier molecular flexibility index (Phi) is 2.90. The average molecular weight is 317 g/mol. The van der Waals surface area contributed by atoms with Gasteiger partial charge in [-0.05, 0) is 17.7 Å². The minimum absolute atomic E-state index is 0.257. The van der Waals surface area contributed by atoms with E-state index in [-0.39, 0.29) is 12.4 Å². The molecule has 0 aliphatic carbocycles. The minimum Gasteiger partial charge on any atom is -0.469 e. The van der Waals surface area contributed by atoms with E-state index in [4.69, 9.17) is 4.42 Å². The number of halogens is 1. The molecule has 2 aromatic rings. The molecule has 0 spiro atoms. The Bertz CT molecular complexity index is 506. The van der Waals surface area contributed by atoms with Gasteiger partial charge < -0.3 is 9.15 Å². The molecule has 1 aromatic heterocycles. The van der Waals surface area contributed by atoms with Gasteiger partial charge in [-0.25, -0.2) is 4.98 Å². The average Bonchev–Trinajstić information content (AvgIpc) is 2.57. The molecule has 0 aliphatic rings. The van der Waals surface area contributed by atoms with Crippen molar-refractivity contribution in [2.45, 2.75) is 6.42 Å². The molecule has 2 rings (SSSR count). The highest BCUT2D eigenvalue weighted by molar-refractivity contribution is 14.1. The van der Waals surface area contributed by atoms with E-state index < -0.39 is 0 Å². The smallest absolute Gasteiger partial charge is 0.309 e. The van der Waals surface area contributed by atoms with Crippen molar-refractivity contribution < 1.29 is 13.9 Å². The largest absolute Gasteiger partial charge is 0.469 e. The molecule has 0 N–H and O–H groups in total. The topological polar surface area (TPSA) is 52.3 Å². The molecule has 4 nitrogen and oxygen atoms in total. The maximum Gasteiger partial charge on any atom is 0.309 e. The van der Waals surface area contributed by atoms with Gasteiger partial charge in [-0.15, -0.1) is 0 Å². The fourth-order valence-corrected chi connectivity index (χ4v) is 1.79. The molecule has 0 saturated heterocycles. The monoisotopic (exact) mass is 317 g/mol. The van der Waals surface area contributed by atoms with Crippen LogP contribution in [0.15, 0.2) is 22.6 Å². The van der Waals surface area contributed by atoms with Crippen LogP contribution in [0.5, 0.6) is 0 Å². The summed E-state index contributed by atoms with van der Waals surface area (Å²) >= 11 is 2.01. The Morgan fingerprint density at radius 2 is 2.40 bits per heavy atom. The summed E-state index contributed by atoms with van der Waals surface area (Å²) in [5, 5.41) is 0. The lowest BCUT2D eigenvalue weighted by Crippen LogP contribution is -2.04. The second-order valence-electron chi connectivity index (χ2n) is 3.02. The SMILES string of the molecule is COC(=O)Cc1ccc2oc(I)nc2c1. The van der Waals surface area contributed by atoms with E-state index in [1.54, 1.807) is 0 Å². The number of benzene rings is 1. The summed E-state index contributed by atoms with van der Waals surface area (Å²) in [6.45, 7) is 0. The van der Waals surface area contributed by atoms with E-state index in [1.807, 2.05) is 40.8 Å². The van der Waals surface area contributed by atoms with Crippen LogP contribution in [0.2, 0.25) is 0 Å². The Hall–Kier alpha value is -1.11. The number of oxazole rings is 1. The highest BCUT2D eigenvalue weighted by Crippen LogP contribution is 2.18. The number of aromatic nitrogens is 1. The van der Waals surface area contributed by atoms with Crippen molar-refractivity contribution in [2.24, 2.45) is 0 Å². The first-order chi connectivity index (χ1) is 7.19. The van der Waals surface area contributed by atoms with Crippen molar-refractivity contribution in [3.8, 4) is 0 Å². The van der Waals surface area contributed by atoms with Crippen molar-refractivity contribution in [1.29, 1.82) is 0 Å². The highest BCUT2D eigenvalue weighted by atomic mass is 127. The van der Waals surface area contributed by atoms with Gasteiger partial charge in [0.05, 0.1) is 13.5 Å². The van der Waals surface area contributed by atoms with E-state index in [0.717, 1.165) is 16.7 Å². The van der Waals surface area contributed by atoms with Crippen molar-refractivity contribution in [1.82, 2.24) is 4.98 Å². The predicted octanol–water partition coefficient (Wildman–Crippen LogP) is 2.15. The maximum absolute atomic E-state index is 11.1. The first-order valence-corrected chi connectivity index (χ1v) is 5.38. The molecule has 0 unspecified atom stereocenters. The molecule has 0 radical (unpaired) electrons. The number of ether oxygens (including phenoxy) is 1. The van der Waals surface area contributed by atoms with E-state index in [1.165, 1.54) is 7.11 Å². The number of hydrogen-bond donors (Lipinski definition) is 0. The third kappa shape index (κ3) is 2.28. The van der Waals surface area contributed by atoms with Crippen LogP contribution in [0.4, 0.5) is 0 Å². The van der Waals surface area contributed by atoms with Crippen molar-refractivity contribution in [2.75, 3.05) is 7.11 Å². The van der Waals surface area contributed by atoms with Crippen LogP contribution >= 0.6 is 22.6 Å². The normalized spacial score (nSPS) is 10.5. The van der Waals surface area contributed by atoms with E-state index >= 15 is 0 Å². The molecule has 0 bridgehead atoms. The van der Waals surface area contributed by atoms with Gasteiger partial charge in [-0.1, -0.05) is 6.07 Å². The zero-order chi connectivity index (χ0) is 10.8. The Morgan fingerprint density at radius 3 is 3.13 bits per heavy atom. The number of methoxy groups -OCH3 is 1. The number of esters is 1. The molecule has 1 aromatic carbocycles. The van der Waals surface area contributed by atoms with E-state index in [0.29, 0.717) is 3.90 Å². The van der Waals surface area contributed by atoms with Gasteiger partial charge in [-0.2, -0.15) is 0 Å². The third-order valence-electron chi connectivity index (χ3n) is 2.00. The summed E-state index contributed by atoms with van der Waals surface area (Å²) in [5.41, 5.74) is 2.37. The minimum atomic E-state index is -0.257. The number of carbonyl (C=O) groups is 1. The molecule has 0 fully saturated rings. The van der Waals surface area contributed by atoms with E-state index in [9.17, 15) is 4.79 Å². The number of nitrogens with zero attached hydrogens (tertiary/aromatic N) is 1. The highest BCUT2D eigenvalue weighted by Gasteiger charge is 2.07. The van der Waals surface area contributed by atoms with Crippen LogP contribution < -0.4 is 0 Å². The molecular formula is C10H8INO3. The van der Waals surface area contributed by atoms with Gasteiger partial charge in [0.15, 0.2) is 5.58 Å². The fourth-order valence-electron chi connectivity index (χ4n) is 1.29. The third-order valence-corrected chi connectivity index (χ3v) is 2.46. The number of hydrogen-bond acceptors (Lipinski definition) is 4. The van der Waals surface area contributed by atoms with Crippen LogP contribution in [0.25, 0.3) is 11.1 Å². The van der Waals surface area contributed by atoms with Crippen molar-refractivity contribution in [3.05, 3.63) is 27.7 Å². The summed E-state index contributed by atoms with van der Waals surface area (Å²) in [4.78, 5) is 15.2. The zero-order valence-electron chi connectivity index (χ0n) is 7.99. The fraction of sp³-hybridized carbons (Fsp3) is 0.200. The first-order valence-electron chi connectivity index (χ1n) is 4.31. The number of fused-ring (bicyclic) bond motifs is 1. The van der Waals surface area contributed by atoms with Gasteiger partial charge in [0.1, 0.15) is 5.52 Å². The summed E-state index contributed by atoms with van der Waals surface area (Å²) in [7, 11) is 1.37. The van der Waals surface area contributed by atoms with Gasteiger partial charge in [0, 0.05) is 22.6 Å². The summed E-state index contributed by atoms with van der Waals surface area (Å²) in [6, 6.07) is 5.47. The van der Waals surface area contributed by atoms with Crippen LogP contribution in [0.1, 0.15) is 5.56 Å². The lowest BCUT2D eigenvalue weighted by molar-refractivity contribution is -0.139. The molecule has 15 heavy (non-hydrogen) atoms. The van der Waals surface area contributed by atoms with Crippen molar-refractivity contribution >= 4 is 39.7 Å². The summed E-state index contributed by atoms with van der Waals surface area (Å²) < 4.78 is 10.5. The predicted molar refractivity (Wildman–Crippen MR) is 62.4 cm³/mol. The van der Waals surface area contributed by atoms with Gasteiger partial charge in [-0.3, -0.25) is 4.79 Å². The van der Waals surface area contributed by atoms with E-state index in [2.05, 4.69) is 9.72 Å². The first kappa shape index (κ1) is 10.4. The Labute approximate surface area is 99.8 Å². The summed E-state index contributed by atoms with van der Waals surface area (Å²) in [5.74, 6) is -0.257. The maximum atomic E-state index is 11.1. The molecule has 0 aliphatic heterocycles. The Morgan fingerprint density at radius 1 is 1.60 bits per heavy atom. The van der Waals surface area contributed by atoms with Crippen LogP contribution in [-0.4, -0.2) is 18.1 Å². The zero-order valence-corrected chi connectivity index (χ0v) is 10.1. The number of rotatable bonds is 2. The molecule has 0 saturated carbocycles. The Balaban J connectivity index is 2.33. The molecular weight excluding hydrogens is 309 g/mol. The number of carbonyl (C=O) groups excluding carboxylic acids is 1. The second-order valence-corrected chi connectivity index (χ2v) is 3.94. The van der Waals surface area contributed by atoms with Gasteiger partial charge >= 0.3 is 5.97 Å².